The molecule has 0 aromatic carbocycles. The first kappa shape index (κ1) is 10.5. The van der Waals surface area contributed by atoms with Gasteiger partial charge in [-0.05, 0) is 10.8 Å². The molecule has 0 saturated carbocycles. The first-order chi connectivity index (χ1) is 6.93. The van der Waals surface area contributed by atoms with Gasteiger partial charge in [0, 0.05) is 11.5 Å². The molecular weight excluding hydrogens is 288 g/mol. The highest BCUT2D eigenvalue weighted by atomic mass is 32.3. The van der Waals surface area contributed by atoms with Crippen molar-refractivity contribution in [2.75, 3.05) is 11.5 Å². The van der Waals surface area contributed by atoms with Crippen molar-refractivity contribution in [1.29, 1.82) is 0 Å². The highest BCUT2D eigenvalue weighted by Gasteiger charge is 2.27. The molecule has 0 unspecified atom stereocenters. The molecule has 0 nitrogen and oxygen atoms in total. The van der Waals surface area contributed by atoms with E-state index in [0.29, 0.717) is 0 Å². The van der Waals surface area contributed by atoms with Crippen molar-refractivity contribution in [3.8, 4) is 0 Å². The van der Waals surface area contributed by atoms with Gasteiger partial charge in [-0.15, -0.1) is 23.5 Å². The van der Waals surface area contributed by atoms with E-state index in [1.54, 1.807) is 8.47 Å². The Labute approximate surface area is 109 Å². The van der Waals surface area contributed by atoms with Crippen LogP contribution in [0.15, 0.2) is 27.8 Å². The third kappa shape index (κ3) is 2.06. The Morgan fingerprint density at radius 3 is 1.86 bits per heavy atom. The van der Waals surface area contributed by atoms with Crippen LogP contribution in [0.2, 0.25) is 0 Å². The van der Waals surface area contributed by atoms with Gasteiger partial charge in [-0.3, -0.25) is 0 Å². The van der Waals surface area contributed by atoms with Crippen molar-refractivity contribution in [3.63, 3.8) is 0 Å². The summed E-state index contributed by atoms with van der Waals surface area (Å²) in [7, 11) is 0. The third-order valence-electron chi connectivity index (χ3n) is 1.66. The molecule has 0 fully saturated rings. The Kier molecular flexibility index (Phi) is 3.49. The predicted octanol–water partition coefficient (Wildman–Crippen LogP) is 5.15. The lowest BCUT2D eigenvalue weighted by atomic mass is 11.0. The summed E-state index contributed by atoms with van der Waals surface area (Å²) < 4.78 is 6.05. The molecule has 74 valence electrons. The Bertz CT molecular complexity index is 323. The van der Waals surface area contributed by atoms with Crippen molar-refractivity contribution in [2.45, 2.75) is 0 Å². The van der Waals surface area contributed by atoms with Gasteiger partial charge in [0.05, 0.1) is 16.9 Å². The second kappa shape index (κ2) is 4.67. The van der Waals surface area contributed by atoms with Crippen molar-refractivity contribution < 1.29 is 0 Å². The molecule has 0 atom stereocenters. The molecule has 0 saturated heterocycles. The first-order valence-electron chi connectivity index (χ1n) is 4.02. The molecular formula is C8H6S6. The molecule has 3 heterocycles. The highest BCUT2D eigenvalue weighted by molar-refractivity contribution is 8.42. The third-order valence-corrected chi connectivity index (χ3v) is 10.1. The van der Waals surface area contributed by atoms with Crippen LogP contribution in [-0.4, -0.2) is 11.5 Å². The fraction of sp³-hybridized carbons (Fsp3) is 0.250. The van der Waals surface area contributed by atoms with Crippen molar-refractivity contribution in [3.05, 3.63) is 27.8 Å². The largest absolute Gasteiger partial charge is 0.116 e. The second-order valence-corrected chi connectivity index (χ2v) is 9.68. The predicted molar refractivity (Wildman–Crippen MR) is 78.5 cm³/mol. The van der Waals surface area contributed by atoms with E-state index >= 15 is 0 Å². The van der Waals surface area contributed by atoms with E-state index < -0.39 is 0 Å². The van der Waals surface area contributed by atoms with Crippen LogP contribution in [0.25, 0.3) is 0 Å². The van der Waals surface area contributed by atoms with Gasteiger partial charge >= 0.3 is 0 Å². The number of hydrogen-bond donors (Lipinski definition) is 0. The minimum atomic E-state index is 1.28. The lowest BCUT2D eigenvalue weighted by Gasteiger charge is -2.08. The number of hydrogen-bond acceptors (Lipinski definition) is 6. The second-order valence-electron chi connectivity index (χ2n) is 2.56. The maximum Gasteiger partial charge on any atom is 0.0717 e. The molecule has 0 N–H and O–H groups in total. The standard InChI is InChI=1S/C8H6S6/c1-2-10-5(9-1)8-13-6-7(14-8)12-4-3-11-6/h1-2H,3-4H2. The Morgan fingerprint density at radius 1 is 0.714 bits per heavy atom. The number of thioether (sulfide) groups is 6. The lowest BCUT2D eigenvalue weighted by molar-refractivity contribution is 1.56. The van der Waals surface area contributed by atoms with Gasteiger partial charge in [-0.2, -0.15) is 0 Å². The van der Waals surface area contributed by atoms with Gasteiger partial charge in [0.25, 0.3) is 0 Å². The SMILES string of the molecule is C1=CSC(=C2SC3=C(SCCS3)S2)S1. The zero-order chi connectivity index (χ0) is 9.38. The van der Waals surface area contributed by atoms with Crippen LogP contribution in [0, 0.1) is 0 Å². The van der Waals surface area contributed by atoms with Gasteiger partial charge in [0.15, 0.2) is 0 Å². The normalized spacial score (nSPS) is 26.3. The molecule has 3 aliphatic heterocycles. The smallest absolute Gasteiger partial charge is 0.0717 e. The van der Waals surface area contributed by atoms with Gasteiger partial charge in [-0.25, -0.2) is 0 Å². The lowest BCUT2D eigenvalue weighted by Crippen LogP contribution is -1.88. The van der Waals surface area contributed by atoms with Crippen LogP contribution in [0.3, 0.4) is 0 Å². The molecule has 0 radical (unpaired) electrons. The summed E-state index contributed by atoms with van der Waals surface area (Å²) in [6.07, 6.45) is 0. The molecule has 6 heteroatoms. The summed E-state index contributed by atoms with van der Waals surface area (Å²) >= 11 is 11.7. The average Bonchev–Trinajstić information content (AvgIpc) is 2.86. The van der Waals surface area contributed by atoms with Crippen molar-refractivity contribution in [1.82, 2.24) is 0 Å². The molecule has 3 rings (SSSR count). The van der Waals surface area contributed by atoms with E-state index in [2.05, 4.69) is 10.8 Å². The van der Waals surface area contributed by atoms with Crippen molar-refractivity contribution >= 4 is 70.6 Å². The van der Waals surface area contributed by atoms with Gasteiger partial charge in [-0.1, -0.05) is 47.0 Å². The Hall–Kier alpha value is 1.32. The van der Waals surface area contributed by atoms with Crippen LogP contribution in [0.1, 0.15) is 0 Å². The Balaban J connectivity index is 1.81. The van der Waals surface area contributed by atoms with Crippen LogP contribution in [-0.2, 0) is 0 Å². The summed E-state index contributed by atoms with van der Waals surface area (Å²) in [5, 5.41) is 4.34. The molecule has 0 spiro atoms. The monoisotopic (exact) mass is 294 g/mol. The van der Waals surface area contributed by atoms with Crippen LogP contribution < -0.4 is 0 Å². The molecule has 3 aliphatic rings. The minimum absolute atomic E-state index is 1.28. The first-order valence-corrected chi connectivity index (χ1v) is 9.38. The molecule has 0 aliphatic carbocycles. The summed E-state index contributed by atoms with van der Waals surface area (Å²) in [6.45, 7) is 0. The van der Waals surface area contributed by atoms with Gasteiger partial charge in [0.2, 0.25) is 0 Å². The molecule has 0 aromatic heterocycles. The van der Waals surface area contributed by atoms with Crippen LogP contribution >= 0.6 is 70.6 Å². The number of rotatable bonds is 0. The minimum Gasteiger partial charge on any atom is -0.116 e. The average molecular weight is 295 g/mol. The molecule has 0 aromatic rings. The van der Waals surface area contributed by atoms with E-state index in [0.717, 1.165) is 0 Å². The molecule has 14 heavy (non-hydrogen) atoms. The molecule has 0 bridgehead atoms. The van der Waals surface area contributed by atoms with E-state index in [1.165, 1.54) is 20.0 Å². The summed E-state index contributed by atoms with van der Waals surface area (Å²) in [6, 6.07) is 0. The van der Waals surface area contributed by atoms with Crippen LogP contribution in [0.4, 0.5) is 0 Å². The molecule has 0 amide bonds. The van der Waals surface area contributed by atoms with Crippen molar-refractivity contribution in [2.24, 2.45) is 0 Å². The summed E-state index contributed by atoms with van der Waals surface area (Å²) in [5.41, 5.74) is 0. The fourth-order valence-corrected chi connectivity index (χ4v) is 9.23. The van der Waals surface area contributed by atoms with Gasteiger partial charge in [0.1, 0.15) is 0 Å². The maximum absolute atomic E-state index is 2.17. The topological polar surface area (TPSA) is 0 Å². The van der Waals surface area contributed by atoms with E-state index in [9.17, 15) is 0 Å². The summed E-state index contributed by atoms with van der Waals surface area (Å²) in [5.74, 6) is 2.55. The zero-order valence-corrected chi connectivity index (χ0v) is 11.9. The van der Waals surface area contributed by atoms with Gasteiger partial charge < -0.3 is 0 Å². The fourth-order valence-electron chi connectivity index (χ4n) is 1.10. The zero-order valence-electron chi connectivity index (χ0n) is 7.02. The maximum atomic E-state index is 2.17. The summed E-state index contributed by atoms with van der Waals surface area (Å²) in [4.78, 5) is 0. The quantitative estimate of drug-likeness (QED) is 0.601. The highest BCUT2D eigenvalue weighted by Crippen LogP contribution is 2.62. The Morgan fingerprint density at radius 2 is 1.29 bits per heavy atom. The van der Waals surface area contributed by atoms with E-state index in [-0.39, 0.29) is 0 Å². The van der Waals surface area contributed by atoms with E-state index in [1.807, 2.05) is 70.6 Å². The van der Waals surface area contributed by atoms with E-state index in [4.69, 9.17) is 0 Å². The van der Waals surface area contributed by atoms with Crippen LogP contribution in [0.5, 0.6) is 0 Å².